The maximum absolute atomic E-state index is 12.4. The monoisotopic (exact) mass is 461 g/mol. The Morgan fingerprint density at radius 2 is 1.79 bits per heavy atom. The number of halogens is 1. The summed E-state index contributed by atoms with van der Waals surface area (Å²) in [5.74, 6) is 1.20. The number of urea groups is 1. The third-order valence-electron chi connectivity index (χ3n) is 4.44. The normalized spacial score (nSPS) is 13.5. The van der Waals surface area contributed by atoms with Crippen LogP contribution in [0.4, 0.5) is 10.5 Å². The van der Waals surface area contributed by atoms with Gasteiger partial charge in [0.1, 0.15) is 13.2 Å². The standard InChI is InChI=1S/C21H24BrN3O4/c1-13(2)20(14-7-8-17-18(11-14)29-10-9-28-17)25-21(27)23-12-19(26)24-16-6-4-3-5-15(16)22/h3-8,11,13,20H,9-10,12H2,1-2H3,(H,24,26)(H2,23,25,27)/t20-/m1/s1. The Hall–Kier alpha value is -2.74. The van der Waals surface area contributed by atoms with E-state index in [-0.39, 0.29) is 24.4 Å². The van der Waals surface area contributed by atoms with Crippen molar-refractivity contribution in [1.82, 2.24) is 10.6 Å². The highest BCUT2D eigenvalue weighted by molar-refractivity contribution is 9.10. The molecule has 2 aromatic carbocycles. The lowest BCUT2D eigenvalue weighted by Gasteiger charge is -2.25. The second-order valence-electron chi connectivity index (χ2n) is 6.98. The summed E-state index contributed by atoms with van der Waals surface area (Å²) in [7, 11) is 0. The van der Waals surface area contributed by atoms with Crippen molar-refractivity contribution in [2.75, 3.05) is 25.1 Å². The largest absolute Gasteiger partial charge is 0.486 e. The van der Waals surface area contributed by atoms with Gasteiger partial charge in [0.2, 0.25) is 5.91 Å². The lowest BCUT2D eigenvalue weighted by Crippen LogP contribution is -2.42. The number of carbonyl (C=O) groups excluding carboxylic acids is 2. The van der Waals surface area contributed by atoms with E-state index in [2.05, 4.69) is 31.9 Å². The first-order valence-electron chi connectivity index (χ1n) is 9.42. The first-order valence-corrected chi connectivity index (χ1v) is 10.2. The third-order valence-corrected chi connectivity index (χ3v) is 5.13. The van der Waals surface area contributed by atoms with E-state index in [0.717, 1.165) is 10.0 Å². The molecule has 0 saturated heterocycles. The van der Waals surface area contributed by atoms with E-state index in [0.29, 0.717) is 30.4 Å². The zero-order valence-corrected chi connectivity index (χ0v) is 17.9. The van der Waals surface area contributed by atoms with Gasteiger partial charge in [-0.3, -0.25) is 4.79 Å². The van der Waals surface area contributed by atoms with Crippen molar-refractivity contribution < 1.29 is 19.1 Å². The molecule has 0 aliphatic carbocycles. The Morgan fingerprint density at radius 3 is 2.52 bits per heavy atom. The van der Waals surface area contributed by atoms with Gasteiger partial charge in [-0.05, 0) is 51.7 Å². The number of anilines is 1. The molecular formula is C21H24BrN3O4. The SMILES string of the molecule is CC(C)[C@@H](NC(=O)NCC(=O)Nc1ccccc1Br)c1ccc2c(c1)OCCO2. The van der Waals surface area contributed by atoms with Crippen LogP contribution in [0, 0.1) is 5.92 Å². The molecule has 1 atom stereocenters. The smallest absolute Gasteiger partial charge is 0.315 e. The van der Waals surface area contributed by atoms with Crippen LogP contribution in [0.15, 0.2) is 46.9 Å². The van der Waals surface area contributed by atoms with Crippen molar-refractivity contribution in [1.29, 1.82) is 0 Å². The van der Waals surface area contributed by atoms with Crippen molar-refractivity contribution in [3.63, 3.8) is 0 Å². The Labute approximate surface area is 178 Å². The number of hydrogen-bond acceptors (Lipinski definition) is 4. The van der Waals surface area contributed by atoms with Crippen LogP contribution < -0.4 is 25.4 Å². The maximum Gasteiger partial charge on any atom is 0.315 e. The van der Waals surface area contributed by atoms with Gasteiger partial charge < -0.3 is 25.4 Å². The fourth-order valence-electron chi connectivity index (χ4n) is 3.00. The Morgan fingerprint density at radius 1 is 1.07 bits per heavy atom. The molecule has 2 aromatic rings. The van der Waals surface area contributed by atoms with Gasteiger partial charge >= 0.3 is 6.03 Å². The van der Waals surface area contributed by atoms with Crippen molar-refractivity contribution in [3.05, 3.63) is 52.5 Å². The number of carbonyl (C=O) groups is 2. The molecule has 154 valence electrons. The summed E-state index contributed by atoms with van der Waals surface area (Å²) in [5.41, 5.74) is 1.56. The second kappa shape index (κ2) is 9.65. The minimum atomic E-state index is -0.416. The number of amides is 3. The number of rotatable bonds is 6. The van der Waals surface area contributed by atoms with Crippen LogP contribution in [0.3, 0.4) is 0 Å². The van der Waals surface area contributed by atoms with Crippen molar-refractivity contribution in [2.24, 2.45) is 5.92 Å². The van der Waals surface area contributed by atoms with Gasteiger partial charge in [0.25, 0.3) is 0 Å². The molecule has 0 aromatic heterocycles. The Kier molecular flexibility index (Phi) is 6.98. The van der Waals surface area contributed by atoms with Gasteiger partial charge in [0, 0.05) is 4.47 Å². The number of hydrogen-bond donors (Lipinski definition) is 3. The van der Waals surface area contributed by atoms with Crippen LogP contribution in [0.5, 0.6) is 11.5 Å². The molecular weight excluding hydrogens is 438 g/mol. The van der Waals surface area contributed by atoms with Crippen molar-refractivity contribution in [2.45, 2.75) is 19.9 Å². The van der Waals surface area contributed by atoms with E-state index in [9.17, 15) is 9.59 Å². The molecule has 0 bridgehead atoms. The first kappa shape index (κ1) is 21.0. The fourth-order valence-corrected chi connectivity index (χ4v) is 3.38. The molecule has 0 unspecified atom stereocenters. The van der Waals surface area contributed by atoms with E-state index in [4.69, 9.17) is 9.47 Å². The summed E-state index contributed by atoms with van der Waals surface area (Å²) in [6.07, 6.45) is 0. The minimum absolute atomic E-state index is 0.136. The van der Waals surface area contributed by atoms with Gasteiger partial charge in [0.05, 0.1) is 18.3 Å². The summed E-state index contributed by atoms with van der Waals surface area (Å²) in [6, 6.07) is 12.3. The Bertz CT molecular complexity index is 888. The molecule has 0 fully saturated rings. The number of ether oxygens (including phenoxy) is 2. The fraction of sp³-hybridized carbons (Fsp3) is 0.333. The maximum atomic E-state index is 12.4. The quantitative estimate of drug-likeness (QED) is 0.609. The average Bonchev–Trinajstić information content (AvgIpc) is 2.71. The summed E-state index contributed by atoms with van der Waals surface area (Å²) in [5, 5.41) is 8.29. The van der Waals surface area contributed by atoms with Crippen LogP contribution in [0.1, 0.15) is 25.5 Å². The number of para-hydroxylation sites is 1. The molecule has 3 amide bonds. The summed E-state index contributed by atoms with van der Waals surface area (Å²) in [6.45, 7) is 4.92. The summed E-state index contributed by atoms with van der Waals surface area (Å²) >= 11 is 3.37. The highest BCUT2D eigenvalue weighted by atomic mass is 79.9. The van der Waals surface area contributed by atoms with Gasteiger partial charge in [-0.15, -0.1) is 0 Å². The van der Waals surface area contributed by atoms with E-state index in [1.807, 2.05) is 50.2 Å². The van der Waals surface area contributed by atoms with Crippen LogP contribution >= 0.6 is 15.9 Å². The van der Waals surface area contributed by atoms with Crippen LogP contribution in [-0.2, 0) is 4.79 Å². The molecule has 1 aliphatic heterocycles. The van der Waals surface area contributed by atoms with Gasteiger partial charge in [0.15, 0.2) is 11.5 Å². The van der Waals surface area contributed by atoms with Gasteiger partial charge in [-0.25, -0.2) is 4.79 Å². The van der Waals surface area contributed by atoms with E-state index < -0.39 is 6.03 Å². The third kappa shape index (κ3) is 5.63. The zero-order valence-electron chi connectivity index (χ0n) is 16.3. The van der Waals surface area contributed by atoms with E-state index in [1.54, 1.807) is 6.07 Å². The molecule has 7 nitrogen and oxygen atoms in total. The molecule has 3 N–H and O–H groups in total. The lowest BCUT2D eigenvalue weighted by atomic mass is 9.95. The molecule has 1 heterocycles. The summed E-state index contributed by atoms with van der Waals surface area (Å²) < 4.78 is 12.0. The first-order chi connectivity index (χ1) is 13.9. The van der Waals surface area contributed by atoms with Crippen molar-refractivity contribution in [3.8, 4) is 11.5 Å². The predicted octanol–water partition coefficient (Wildman–Crippen LogP) is 3.86. The topological polar surface area (TPSA) is 88.7 Å². The molecule has 29 heavy (non-hydrogen) atoms. The molecule has 3 rings (SSSR count). The predicted molar refractivity (Wildman–Crippen MR) is 114 cm³/mol. The molecule has 0 radical (unpaired) electrons. The number of nitrogens with one attached hydrogen (secondary N) is 3. The molecule has 1 aliphatic rings. The van der Waals surface area contributed by atoms with Crippen LogP contribution in [0.25, 0.3) is 0 Å². The minimum Gasteiger partial charge on any atom is -0.486 e. The van der Waals surface area contributed by atoms with E-state index in [1.165, 1.54) is 0 Å². The number of benzene rings is 2. The van der Waals surface area contributed by atoms with E-state index >= 15 is 0 Å². The number of fused-ring (bicyclic) bond motifs is 1. The zero-order chi connectivity index (χ0) is 20.8. The average molecular weight is 462 g/mol. The summed E-state index contributed by atoms with van der Waals surface area (Å²) in [4.78, 5) is 24.5. The highest BCUT2D eigenvalue weighted by Crippen LogP contribution is 2.34. The molecule has 0 saturated carbocycles. The highest BCUT2D eigenvalue weighted by Gasteiger charge is 2.21. The van der Waals surface area contributed by atoms with Crippen molar-refractivity contribution >= 4 is 33.6 Å². The molecule has 8 heteroatoms. The molecule has 0 spiro atoms. The van der Waals surface area contributed by atoms with Crippen LogP contribution in [0.2, 0.25) is 0 Å². The van der Waals surface area contributed by atoms with Gasteiger partial charge in [-0.1, -0.05) is 32.0 Å². The second-order valence-corrected chi connectivity index (χ2v) is 7.83. The van der Waals surface area contributed by atoms with Crippen LogP contribution in [-0.4, -0.2) is 31.7 Å². The lowest BCUT2D eigenvalue weighted by molar-refractivity contribution is -0.115. The van der Waals surface area contributed by atoms with Gasteiger partial charge in [-0.2, -0.15) is 0 Å². The Balaban J connectivity index is 1.57.